The summed E-state index contributed by atoms with van der Waals surface area (Å²) in [4.78, 5) is 34.1. The van der Waals surface area contributed by atoms with Gasteiger partial charge in [-0.3, -0.25) is 19.3 Å². The van der Waals surface area contributed by atoms with Crippen molar-refractivity contribution >= 4 is 17.5 Å². The molecule has 2 fully saturated rings. The zero-order valence-electron chi connectivity index (χ0n) is 17.4. The molecule has 3 unspecified atom stereocenters. The number of fused-ring (bicyclic) bond motifs is 1. The van der Waals surface area contributed by atoms with Gasteiger partial charge in [0.25, 0.3) is 5.91 Å². The molecule has 5 rings (SSSR count). The molecule has 2 amide bonds. The minimum atomic E-state index is -0.970. The molecule has 0 spiro atoms. The quantitative estimate of drug-likeness (QED) is 0.625. The average molecular weight is 430 g/mol. The van der Waals surface area contributed by atoms with Gasteiger partial charge in [0, 0.05) is 5.56 Å². The van der Waals surface area contributed by atoms with Crippen molar-refractivity contribution in [3.63, 3.8) is 0 Å². The molecule has 162 valence electrons. The SMILES string of the molecule is COc1cccc(C2C3C(=O)N(Cc4ccccc4)C(=O)C3ON2c2ccccc2)c1O. The molecule has 0 bridgehead atoms. The fourth-order valence-electron chi connectivity index (χ4n) is 4.45. The van der Waals surface area contributed by atoms with Crippen molar-refractivity contribution in [2.75, 3.05) is 12.2 Å². The van der Waals surface area contributed by atoms with Crippen molar-refractivity contribution in [1.82, 2.24) is 4.90 Å². The van der Waals surface area contributed by atoms with Gasteiger partial charge < -0.3 is 9.84 Å². The van der Waals surface area contributed by atoms with E-state index >= 15 is 0 Å². The summed E-state index contributed by atoms with van der Waals surface area (Å²) >= 11 is 0. The molecule has 2 saturated heterocycles. The van der Waals surface area contributed by atoms with Crippen LogP contribution in [0.25, 0.3) is 0 Å². The van der Waals surface area contributed by atoms with Crippen LogP contribution < -0.4 is 9.80 Å². The van der Waals surface area contributed by atoms with Crippen LogP contribution in [-0.2, 0) is 21.0 Å². The van der Waals surface area contributed by atoms with E-state index in [4.69, 9.17) is 9.57 Å². The third kappa shape index (κ3) is 3.18. The first-order chi connectivity index (χ1) is 15.6. The molecule has 3 aromatic carbocycles. The number of amides is 2. The second kappa shape index (κ2) is 8.01. The lowest BCUT2D eigenvalue weighted by atomic mass is 9.90. The fraction of sp³-hybridized carbons (Fsp3) is 0.200. The van der Waals surface area contributed by atoms with Gasteiger partial charge >= 0.3 is 0 Å². The van der Waals surface area contributed by atoms with E-state index in [1.165, 1.54) is 12.0 Å². The lowest BCUT2D eigenvalue weighted by Gasteiger charge is -2.29. The van der Waals surface area contributed by atoms with Gasteiger partial charge in [0.05, 0.1) is 19.3 Å². The summed E-state index contributed by atoms with van der Waals surface area (Å²) in [6, 6.07) is 23.0. The molecule has 3 atom stereocenters. The number of aromatic hydroxyl groups is 1. The zero-order chi connectivity index (χ0) is 22.2. The number of methoxy groups -OCH3 is 1. The topological polar surface area (TPSA) is 79.3 Å². The number of imide groups is 1. The number of rotatable bonds is 5. The Bertz CT molecular complexity index is 1150. The average Bonchev–Trinajstić information content (AvgIpc) is 3.32. The third-order valence-corrected chi connectivity index (χ3v) is 5.97. The highest BCUT2D eigenvalue weighted by molar-refractivity contribution is 6.07. The lowest BCUT2D eigenvalue weighted by molar-refractivity contribution is -0.143. The Morgan fingerprint density at radius 1 is 0.906 bits per heavy atom. The number of nitrogens with zero attached hydrogens (tertiary/aromatic N) is 2. The number of anilines is 1. The van der Waals surface area contributed by atoms with Crippen molar-refractivity contribution in [2.24, 2.45) is 5.92 Å². The molecule has 2 heterocycles. The molecule has 2 aliphatic rings. The van der Waals surface area contributed by atoms with Crippen LogP contribution in [0.15, 0.2) is 78.9 Å². The summed E-state index contributed by atoms with van der Waals surface area (Å²) in [5, 5.41) is 12.4. The highest BCUT2D eigenvalue weighted by Gasteiger charge is 2.60. The van der Waals surface area contributed by atoms with Gasteiger partial charge in [-0.1, -0.05) is 60.7 Å². The van der Waals surface area contributed by atoms with Crippen molar-refractivity contribution in [3.05, 3.63) is 90.0 Å². The Morgan fingerprint density at radius 3 is 2.28 bits per heavy atom. The van der Waals surface area contributed by atoms with Crippen molar-refractivity contribution < 1.29 is 24.3 Å². The number of ether oxygens (including phenoxy) is 1. The van der Waals surface area contributed by atoms with E-state index in [-0.39, 0.29) is 29.9 Å². The number of carbonyl (C=O) groups excluding carboxylic acids is 2. The number of hydrogen-bond acceptors (Lipinski definition) is 6. The molecule has 0 aliphatic carbocycles. The van der Waals surface area contributed by atoms with Crippen molar-refractivity contribution in [2.45, 2.75) is 18.7 Å². The van der Waals surface area contributed by atoms with Gasteiger partial charge in [-0.05, 0) is 23.8 Å². The van der Waals surface area contributed by atoms with E-state index in [9.17, 15) is 14.7 Å². The van der Waals surface area contributed by atoms with Crippen LogP contribution in [0.1, 0.15) is 17.2 Å². The Kier molecular flexibility index (Phi) is 5.03. The number of benzene rings is 3. The van der Waals surface area contributed by atoms with Crippen LogP contribution >= 0.6 is 0 Å². The highest BCUT2D eigenvalue weighted by Crippen LogP contribution is 2.50. The molecule has 0 radical (unpaired) electrons. The lowest BCUT2D eigenvalue weighted by Crippen LogP contribution is -2.37. The number of likely N-dealkylation sites (tertiary alicyclic amines) is 1. The van der Waals surface area contributed by atoms with Crippen LogP contribution in [-0.4, -0.2) is 35.0 Å². The largest absolute Gasteiger partial charge is 0.504 e. The van der Waals surface area contributed by atoms with Gasteiger partial charge in [0.2, 0.25) is 5.91 Å². The molecule has 0 saturated carbocycles. The first-order valence-electron chi connectivity index (χ1n) is 10.4. The van der Waals surface area contributed by atoms with E-state index < -0.39 is 18.1 Å². The van der Waals surface area contributed by atoms with Gasteiger partial charge in [0.1, 0.15) is 12.0 Å². The monoisotopic (exact) mass is 430 g/mol. The van der Waals surface area contributed by atoms with E-state index in [0.717, 1.165) is 5.56 Å². The predicted octanol–water partition coefficient (Wildman–Crippen LogP) is 3.45. The Hall–Kier alpha value is -3.84. The molecule has 0 aromatic heterocycles. The molecule has 7 nitrogen and oxygen atoms in total. The molecule has 7 heteroatoms. The summed E-state index contributed by atoms with van der Waals surface area (Å²) < 4.78 is 5.27. The van der Waals surface area contributed by atoms with E-state index in [1.54, 1.807) is 23.3 Å². The maximum absolute atomic E-state index is 13.5. The van der Waals surface area contributed by atoms with Crippen molar-refractivity contribution in [3.8, 4) is 11.5 Å². The molecule has 3 aromatic rings. The van der Waals surface area contributed by atoms with Gasteiger partial charge in [-0.2, -0.15) is 0 Å². The summed E-state index contributed by atoms with van der Waals surface area (Å²) in [6.45, 7) is 0.178. The number of phenolic OH excluding ortho intramolecular Hbond substituents is 1. The van der Waals surface area contributed by atoms with E-state index in [2.05, 4.69) is 0 Å². The minimum absolute atomic E-state index is 0.0769. The molecular weight excluding hydrogens is 408 g/mol. The summed E-state index contributed by atoms with van der Waals surface area (Å²) in [5.41, 5.74) is 2.00. The number of carbonyl (C=O) groups is 2. The van der Waals surface area contributed by atoms with Crippen LogP contribution in [0, 0.1) is 5.92 Å². The first-order valence-corrected chi connectivity index (χ1v) is 10.4. The summed E-state index contributed by atoms with van der Waals surface area (Å²) in [6.07, 6.45) is -0.970. The molecule has 1 N–H and O–H groups in total. The number of para-hydroxylation sites is 2. The van der Waals surface area contributed by atoms with Crippen LogP contribution in [0.4, 0.5) is 5.69 Å². The Balaban J connectivity index is 1.57. The number of hydroxylamine groups is 1. The van der Waals surface area contributed by atoms with Crippen LogP contribution in [0.2, 0.25) is 0 Å². The smallest absolute Gasteiger partial charge is 0.262 e. The van der Waals surface area contributed by atoms with E-state index in [1.807, 2.05) is 60.7 Å². The van der Waals surface area contributed by atoms with Gasteiger partial charge in [-0.25, -0.2) is 5.06 Å². The third-order valence-electron chi connectivity index (χ3n) is 5.97. The standard InChI is InChI=1S/C25H22N2O5/c1-31-19-14-8-13-18(22(19)28)21-20-23(32-27(21)17-11-6-3-7-12-17)25(30)26(24(20)29)15-16-9-4-2-5-10-16/h2-14,20-21,23,28H,15H2,1H3. The Morgan fingerprint density at radius 2 is 1.59 bits per heavy atom. The fourth-order valence-corrected chi connectivity index (χ4v) is 4.45. The van der Waals surface area contributed by atoms with Gasteiger partial charge in [-0.15, -0.1) is 0 Å². The maximum atomic E-state index is 13.5. The first kappa shape index (κ1) is 20.1. The van der Waals surface area contributed by atoms with Crippen LogP contribution in [0.3, 0.4) is 0 Å². The normalized spacial score (nSPS) is 22.3. The summed E-state index contributed by atoms with van der Waals surface area (Å²) in [7, 11) is 1.47. The van der Waals surface area contributed by atoms with E-state index in [0.29, 0.717) is 11.3 Å². The molecule has 2 aliphatic heterocycles. The molecule has 32 heavy (non-hydrogen) atoms. The second-order valence-corrected chi connectivity index (χ2v) is 7.80. The predicted molar refractivity (Wildman–Crippen MR) is 117 cm³/mol. The highest BCUT2D eigenvalue weighted by atomic mass is 16.7. The Labute approximate surface area is 185 Å². The zero-order valence-corrected chi connectivity index (χ0v) is 17.4. The number of phenols is 1. The molecular formula is C25H22N2O5. The van der Waals surface area contributed by atoms with Crippen LogP contribution in [0.5, 0.6) is 11.5 Å². The summed E-state index contributed by atoms with van der Waals surface area (Å²) in [5.74, 6) is -1.29. The number of hydrogen-bond donors (Lipinski definition) is 1. The van der Waals surface area contributed by atoms with Gasteiger partial charge in [0.15, 0.2) is 17.6 Å². The minimum Gasteiger partial charge on any atom is -0.504 e. The second-order valence-electron chi connectivity index (χ2n) is 7.80. The van der Waals surface area contributed by atoms with Crippen molar-refractivity contribution in [1.29, 1.82) is 0 Å². The maximum Gasteiger partial charge on any atom is 0.262 e.